The lowest BCUT2D eigenvalue weighted by Gasteiger charge is -2.23. The van der Waals surface area contributed by atoms with Gasteiger partial charge in [-0.25, -0.2) is 8.78 Å². The summed E-state index contributed by atoms with van der Waals surface area (Å²) in [6.45, 7) is 6.00. The highest BCUT2D eigenvalue weighted by molar-refractivity contribution is 5.56. The minimum absolute atomic E-state index is 0.0812. The number of nitro groups is 1. The van der Waals surface area contributed by atoms with Crippen LogP contribution in [-0.4, -0.2) is 22.7 Å². The first-order valence-electron chi connectivity index (χ1n) is 6.58. The average Bonchev–Trinajstić information content (AvgIpc) is 2.33. The molecule has 1 aromatic carbocycles. The third-order valence-electron chi connectivity index (χ3n) is 2.86. The van der Waals surface area contributed by atoms with Crippen LogP contribution in [0, 0.1) is 15.5 Å². The van der Waals surface area contributed by atoms with E-state index in [0.29, 0.717) is 6.42 Å². The molecule has 0 saturated heterocycles. The fourth-order valence-corrected chi connectivity index (χ4v) is 2.01. The normalized spacial score (nSPS) is 13.3. The maximum absolute atomic E-state index is 12.9. The second-order valence-corrected chi connectivity index (χ2v) is 6.13. The van der Waals surface area contributed by atoms with Crippen molar-refractivity contribution in [3.8, 4) is 0 Å². The molecule has 7 heteroatoms. The van der Waals surface area contributed by atoms with E-state index in [1.807, 2.05) is 20.8 Å². The number of non-ortho nitro benzene ring substituents is 1. The predicted molar refractivity (Wildman–Crippen MR) is 76.6 cm³/mol. The molecule has 0 aliphatic rings. The van der Waals surface area contributed by atoms with E-state index < -0.39 is 23.0 Å². The molecule has 21 heavy (non-hydrogen) atoms. The maximum Gasteiger partial charge on any atom is 0.270 e. The predicted octanol–water partition coefficient (Wildman–Crippen LogP) is 3.74. The van der Waals surface area contributed by atoms with Gasteiger partial charge in [-0.3, -0.25) is 10.1 Å². The van der Waals surface area contributed by atoms with Crippen LogP contribution in [-0.2, 0) is 0 Å². The van der Waals surface area contributed by atoms with Crippen LogP contribution in [0.15, 0.2) is 18.2 Å². The van der Waals surface area contributed by atoms with E-state index in [1.165, 1.54) is 6.07 Å². The van der Waals surface area contributed by atoms with Crippen molar-refractivity contribution >= 4 is 11.4 Å². The standard InChI is InChI=1S/C14H20F2N2O3/c1-14(2,3)7-10(19)8-17-12-5-4-9(18(20)21)6-11(12)13(15)16/h4-6,10,13,17,19H,7-8H2,1-3H3. The Labute approximate surface area is 122 Å². The molecule has 0 saturated carbocycles. The van der Waals surface area contributed by atoms with E-state index in [-0.39, 0.29) is 23.3 Å². The van der Waals surface area contributed by atoms with Crippen LogP contribution in [0.5, 0.6) is 0 Å². The van der Waals surface area contributed by atoms with Gasteiger partial charge in [0.25, 0.3) is 12.1 Å². The molecule has 0 fully saturated rings. The molecule has 118 valence electrons. The molecule has 0 aromatic heterocycles. The molecule has 0 bridgehead atoms. The Morgan fingerprint density at radius 1 is 1.38 bits per heavy atom. The molecule has 1 unspecified atom stereocenters. The van der Waals surface area contributed by atoms with E-state index in [2.05, 4.69) is 5.32 Å². The van der Waals surface area contributed by atoms with Gasteiger partial charge >= 0.3 is 0 Å². The van der Waals surface area contributed by atoms with Crippen LogP contribution < -0.4 is 5.32 Å². The van der Waals surface area contributed by atoms with Crippen molar-refractivity contribution in [1.29, 1.82) is 0 Å². The summed E-state index contributed by atoms with van der Waals surface area (Å²) in [7, 11) is 0. The summed E-state index contributed by atoms with van der Waals surface area (Å²) in [5, 5.41) is 23.2. The number of nitrogens with zero attached hydrogens (tertiary/aromatic N) is 1. The zero-order chi connectivity index (χ0) is 16.2. The number of benzene rings is 1. The Morgan fingerprint density at radius 3 is 2.48 bits per heavy atom. The summed E-state index contributed by atoms with van der Waals surface area (Å²) in [5.74, 6) is 0. The highest BCUT2D eigenvalue weighted by Gasteiger charge is 2.20. The second-order valence-electron chi connectivity index (χ2n) is 6.13. The zero-order valence-electron chi connectivity index (χ0n) is 12.3. The van der Waals surface area contributed by atoms with Crippen molar-refractivity contribution in [1.82, 2.24) is 0 Å². The van der Waals surface area contributed by atoms with Crippen molar-refractivity contribution in [2.75, 3.05) is 11.9 Å². The molecule has 0 heterocycles. The lowest BCUT2D eigenvalue weighted by atomic mass is 9.89. The number of nitro benzene ring substituents is 1. The highest BCUT2D eigenvalue weighted by atomic mass is 19.3. The van der Waals surface area contributed by atoms with Crippen LogP contribution in [0.1, 0.15) is 39.2 Å². The van der Waals surface area contributed by atoms with Gasteiger partial charge in [0.2, 0.25) is 0 Å². The third kappa shape index (κ3) is 5.63. The molecule has 0 radical (unpaired) electrons. The number of alkyl halides is 2. The molecule has 5 nitrogen and oxygen atoms in total. The zero-order valence-corrected chi connectivity index (χ0v) is 12.3. The fourth-order valence-electron chi connectivity index (χ4n) is 2.01. The van der Waals surface area contributed by atoms with Gasteiger partial charge in [0, 0.05) is 29.9 Å². The molecule has 1 aromatic rings. The van der Waals surface area contributed by atoms with Crippen LogP contribution >= 0.6 is 0 Å². The van der Waals surface area contributed by atoms with Crippen molar-refractivity contribution < 1.29 is 18.8 Å². The van der Waals surface area contributed by atoms with E-state index in [1.54, 1.807) is 0 Å². The van der Waals surface area contributed by atoms with Crippen molar-refractivity contribution in [2.45, 2.75) is 39.7 Å². The van der Waals surface area contributed by atoms with Gasteiger partial charge in [0.05, 0.1) is 11.0 Å². The number of halogens is 2. The number of rotatable bonds is 6. The fraction of sp³-hybridized carbons (Fsp3) is 0.571. The summed E-state index contributed by atoms with van der Waals surface area (Å²) in [5.41, 5.74) is -0.802. The number of hydrogen-bond donors (Lipinski definition) is 2. The first-order valence-corrected chi connectivity index (χ1v) is 6.58. The monoisotopic (exact) mass is 302 g/mol. The van der Waals surface area contributed by atoms with E-state index in [4.69, 9.17) is 0 Å². The molecule has 2 N–H and O–H groups in total. The quantitative estimate of drug-likeness (QED) is 0.620. The average molecular weight is 302 g/mol. The van der Waals surface area contributed by atoms with Gasteiger partial charge in [0.15, 0.2) is 0 Å². The number of aliphatic hydroxyl groups excluding tert-OH is 1. The number of aliphatic hydroxyl groups is 1. The summed E-state index contributed by atoms with van der Waals surface area (Å²) in [4.78, 5) is 9.89. The van der Waals surface area contributed by atoms with E-state index >= 15 is 0 Å². The largest absolute Gasteiger partial charge is 0.391 e. The minimum atomic E-state index is -2.83. The Bertz CT molecular complexity index is 501. The Balaban J connectivity index is 2.81. The summed E-state index contributed by atoms with van der Waals surface area (Å²) < 4.78 is 25.9. The number of hydrogen-bond acceptors (Lipinski definition) is 4. The lowest BCUT2D eigenvalue weighted by molar-refractivity contribution is -0.385. The molecule has 0 amide bonds. The lowest BCUT2D eigenvalue weighted by Crippen LogP contribution is -2.25. The molecule has 0 aliphatic heterocycles. The SMILES string of the molecule is CC(C)(C)CC(O)CNc1ccc([N+](=O)[O-])cc1C(F)F. The highest BCUT2D eigenvalue weighted by Crippen LogP contribution is 2.31. The van der Waals surface area contributed by atoms with Crippen molar-refractivity contribution in [2.24, 2.45) is 5.41 Å². The Morgan fingerprint density at radius 2 is 2.00 bits per heavy atom. The van der Waals surface area contributed by atoms with Gasteiger partial charge in [0.1, 0.15) is 0 Å². The molecule has 0 aliphatic carbocycles. The van der Waals surface area contributed by atoms with Gasteiger partial charge in [-0.15, -0.1) is 0 Å². The van der Waals surface area contributed by atoms with Crippen molar-refractivity contribution in [3.63, 3.8) is 0 Å². The van der Waals surface area contributed by atoms with Crippen LogP contribution in [0.2, 0.25) is 0 Å². The molecule has 1 atom stereocenters. The Hall–Kier alpha value is -1.76. The first-order chi connectivity index (χ1) is 9.60. The van der Waals surface area contributed by atoms with E-state index in [0.717, 1.165) is 12.1 Å². The van der Waals surface area contributed by atoms with Crippen LogP contribution in [0.4, 0.5) is 20.2 Å². The molecule has 0 spiro atoms. The topological polar surface area (TPSA) is 75.4 Å². The second kappa shape index (κ2) is 6.80. The summed E-state index contributed by atoms with van der Waals surface area (Å²) >= 11 is 0. The number of nitrogens with one attached hydrogen (secondary N) is 1. The van der Waals surface area contributed by atoms with Crippen LogP contribution in [0.3, 0.4) is 0 Å². The van der Waals surface area contributed by atoms with Gasteiger partial charge < -0.3 is 10.4 Å². The van der Waals surface area contributed by atoms with Gasteiger partial charge in [-0.05, 0) is 17.9 Å². The molecular weight excluding hydrogens is 282 g/mol. The summed E-state index contributed by atoms with van der Waals surface area (Å²) in [6.07, 6.45) is -3.00. The first kappa shape index (κ1) is 17.3. The Kier molecular flexibility index (Phi) is 5.60. The molecular formula is C14H20F2N2O3. The smallest absolute Gasteiger partial charge is 0.270 e. The summed E-state index contributed by atoms with van der Waals surface area (Å²) in [6, 6.07) is 3.25. The molecule has 1 rings (SSSR count). The van der Waals surface area contributed by atoms with Crippen LogP contribution in [0.25, 0.3) is 0 Å². The van der Waals surface area contributed by atoms with Gasteiger partial charge in [-0.2, -0.15) is 0 Å². The van der Waals surface area contributed by atoms with Gasteiger partial charge in [-0.1, -0.05) is 20.8 Å². The number of anilines is 1. The van der Waals surface area contributed by atoms with E-state index in [9.17, 15) is 24.0 Å². The van der Waals surface area contributed by atoms with Crippen molar-refractivity contribution in [3.05, 3.63) is 33.9 Å². The minimum Gasteiger partial charge on any atom is -0.391 e. The third-order valence-corrected chi connectivity index (χ3v) is 2.86. The maximum atomic E-state index is 12.9.